The van der Waals surface area contributed by atoms with E-state index in [0.29, 0.717) is 22.2 Å². The van der Waals surface area contributed by atoms with Crippen LogP contribution >= 0.6 is 23.2 Å². The van der Waals surface area contributed by atoms with Gasteiger partial charge in [0.1, 0.15) is 12.3 Å². The van der Waals surface area contributed by atoms with Gasteiger partial charge >= 0.3 is 0 Å². The third-order valence-electron chi connectivity index (χ3n) is 4.93. The van der Waals surface area contributed by atoms with Crippen LogP contribution in [0, 0.1) is 0 Å². The van der Waals surface area contributed by atoms with Crippen LogP contribution in [0.2, 0.25) is 10.0 Å². The number of para-hydroxylation sites is 2. The molecule has 4 rings (SSSR count). The van der Waals surface area contributed by atoms with Gasteiger partial charge in [-0.25, -0.2) is 8.42 Å². The van der Waals surface area contributed by atoms with Gasteiger partial charge in [0.25, 0.3) is 10.0 Å². The zero-order chi connectivity index (χ0) is 24.8. The van der Waals surface area contributed by atoms with Gasteiger partial charge in [-0.15, -0.1) is 0 Å². The number of hydrogen-bond donors (Lipinski definition) is 1. The maximum atomic E-state index is 13.5. The van der Waals surface area contributed by atoms with Crippen LogP contribution in [0.3, 0.4) is 0 Å². The van der Waals surface area contributed by atoms with Crippen LogP contribution in [0.15, 0.2) is 108 Å². The zero-order valence-corrected chi connectivity index (χ0v) is 20.6. The summed E-state index contributed by atoms with van der Waals surface area (Å²) >= 11 is 12.5. The predicted molar refractivity (Wildman–Crippen MR) is 139 cm³/mol. The summed E-state index contributed by atoms with van der Waals surface area (Å²) in [6.07, 6.45) is 0. The molecule has 0 aromatic heterocycles. The van der Waals surface area contributed by atoms with E-state index >= 15 is 0 Å². The van der Waals surface area contributed by atoms with Gasteiger partial charge in [-0.1, -0.05) is 71.7 Å². The fourth-order valence-corrected chi connectivity index (χ4v) is 5.22. The normalized spacial score (nSPS) is 11.0. The van der Waals surface area contributed by atoms with E-state index < -0.39 is 22.5 Å². The van der Waals surface area contributed by atoms with Crippen molar-refractivity contribution in [2.45, 2.75) is 4.90 Å². The lowest BCUT2D eigenvalue weighted by atomic mass is 10.2. The van der Waals surface area contributed by atoms with Gasteiger partial charge in [0.15, 0.2) is 5.75 Å². The number of benzene rings is 4. The van der Waals surface area contributed by atoms with E-state index in [4.69, 9.17) is 27.9 Å². The largest absolute Gasteiger partial charge is 0.455 e. The van der Waals surface area contributed by atoms with E-state index in [1.54, 1.807) is 66.7 Å². The fraction of sp³-hybridized carbons (Fsp3) is 0.0385. The van der Waals surface area contributed by atoms with Crippen LogP contribution in [-0.4, -0.2) is 20.9 Å². The lowest BCUT2D eigenvalue weighted by molar-refractivity contribution is -0.114. The van der Waals surface area contributed by atoms with E-state index in [0.717, 1.165) is 4.31 Å². The zero-order valence-electron chi connectivity index (χ0n) is 18.3. The van der Waals surface area contributed by atoms with Crippen LogP contribution in [0.5, 0.6) is 11.5 Å². The van der Waals surface area contributed by atoms with Crippen molar-refractivity contribution >= 4 is 50.5 Å². The minimum Gasteiger partial charge on any atom is -0.455 e. The molecular weight excluding hydrogens is 507 g/mol. The summed E-state index contributed by atoms with van der Waals surface area (Å²) in [6, 6.07) is 28.1. The van der Waals surface area contributed by atoms with Crippen molar-refractivity contribution in [2.75, 3.05) is 16.2 Å². The molecule has 178 valence electrons. The average molecular weight is 527 g/mol. The molecule has 0 atom stereocenters. The Balaban J connectivity index is 1.65. The number of amides is 1. The monoisotopic (exact) mass is 526 g/mol. The molecule has 6 nitrogen and oxygen atoms in total. The van der Waals surface area contributed by atoms with E-state index in [1.165, 1.54) is 18.2 Å². The van der Waals surface area contributed by atoms with Crippen LogP contribution in [0.25, 0.3) is 0 Å². The fourth-order valence-electron chi connectivity index (χ4n) is 3.30. The number of anilines is 2. The minimum absolute atomic E-state index is 0.0311. The Labute approximate surface area is 213 Å². The Morgan fingerprint density at radius 3 is 2.14 bits per heavy atom. The molecule has 4 aromatic rings. The second-order valence-corrected chi connectivity index (χ2v) is 10.1. The van der Waals surface area contributed by atoms with Gasteiger partial charge in [0.2, 0.25) is 5.91 Å². The molecule has 9 heteroatoms. The Morgan fingerprint density at radius 2 is 1.46 bits per heavy atom. The number of hydrogen-bond acceptors (Lipinski definition) is 4. The van der Waals surface area contributed by atoms with E-state index in [1.807, 2.05) is 18.2 Å². The summed E-state index contributed by atoms with van der Waals surface area (Å²) in [7, 11) is -4.10. The molecular formula is C26H20Cl2N2O4S. The van der Waals surface area contributed by atoms with Gasteiger partial charge in [-0.05, 0) is 54.6 Å². The Morgan fingerprint density at radius 1 is 0.829 bits per heavy atom. The molecule has 0 heterocycles. The van der Waals surface area contributed by atoms with E-state index in [-0.39, 0.29) is 15.6 Å². The van der Waals surface area contributed by atoms with Crippen molar-refractivity contribution < 1.29 is 17.9 Å². The highest BCUT2D eigenvalue weighted by Gasteiger charge is 2.28. The van der Waals surface area contributed by atoms with Gasteiger partial charge in [-0.2, -0.15) is 0 Å². The number of halogens is 2. The van der Waals surface area contributed by atoms with Crippen molar-refractivity contribution in [1.29, 1.82) is 0 Å². The lowest BCUT2D eigenvalue weighted by Crippen LogP contribution is -2.38. The number of nitrogens with one attached hydrogen (secondary N) is 1. The summed E-state index contributed by atoms with van der Waals surface area (Å²) in [5, 5.41) is 3.28. The number of rotatable bonds is 8. The molecule has 0 aliphatic carbocycles. The van der Waals surface area contributed by atoms with Crippen molar-refractivity contribution in [1.82, 2.24) is 0 Å². The molecule has 0 saturated heterocycles. The molecule has 1 amide bonds. The highest BCUT2D eigenvalue weighted by Crippen LogP contribution is 2.33. The molecule has 0 unspecified atom stereocenters. The molecule has 0 aliphatic heterocycles. The highest BCUT2D eigenvalue weighted by atomic mass is 35.5. The third kappa shape index (κ3) is 5.95. The summed E-state index contributed by atoms with van der Waals surface area (Å²) in [4.78, 5) is 13.2. The standard InChI is InChI=1S/C26H20Cl2N2O4S/c27-19-15-16-25(34-20-9-3-1-4-10-20)23(17-19)29-26(31)18-30(24-14-8-7-13-22(24)28)35(32,33)21-11-5-2-6-12-21/h1-17H,18H2,(H,29,31). The van der Waals surface area contributed by atoms with E-state index in [9.17, 15) is 13.2 Å². The second-order valence-electron chi connectivity index (χ2n) is 7.38. The molecule has 0 bridgehead atoms. The van der Waals surface area contributed by atoms with Crippen molar-refractivity contribution in [2.24, 2.45) is 0 Å². The first-order valence-corrected chi connectivity index (χ1v) is 12.7. The third-order valence-corrected chi connectivity index (χ3v) is 7.25. The van der Waals surface area contributed by atoms with Crippen molar-refractivity contribution in [3.05, 3.63) is 113 Å². The molecule has 1 N–H and O–H groups in total. The summed E-state index contributed by atoms with van der Waals surface area (Å²) < 4.78 is 33.8. The van der Waals surface area contributed by atoms with Crippen molar-refractivity contribution in [3.63, 3.8) is 0 Å². The van der Waals surface area contributed by atoms with Crippen molar-refractivity contribution in [3.8, 4) is 11.5 Å². The van der Waals surface area contributed by atoms with Crippen LogP contribution in [-0.2, 0) is 14.8 Å². The number of ether oxygens (including phenoxy) is 1. The smallest absolute Gasteiger partial charge is 0.264 e. The highest BCUT2D eigenvalue weighted by molar-refractivity contribution is 7.92. The Hall–Kier alpha value is -3.52. The first kappa shape index (κ1) is 24.6. The average Bonchev–Trinajstić information content (AvgIpc) is 2.86. The summed E-state index contributed by atoms with van der Waals surface area (Å²) in [5.74, 6) is 0.309. The minimum atomic E-state index is -4.10. The number of sulfonamides is 1. The topological polar surface area (TPSA) is 75.7 Å². The second kappa shape index (κ2) is 10.8. The quantitative estimate of drug-likeness (QED) is 0.280. The molecule has 0 fully saturated rings. The van der Waals surface area contributed by atoms with Crippen LogP contribution in [0.1, 0.15) is 0 Å². The molecule has 0 aliphatic rings. The summed E-state index contributed by atoms with van der Waals surface area (Å²) in [6.45, 7) is -0.530. The maximum Gasteiger partial charge on any atom is 0.264 e. The van der Waals surface area contributed by atoms with E-state index in [2.05, 4.69) is 5.32 Å². The first-order valence-electron chi connectivity index (χ1n) is 10.5. The van der Waals surface area contributed by atoms with Gasteiger partial charge in [-0.3, -0.25) is 9.10 Å². The number of carbonyl (C=O) groups excluding carboxylic acids is 1. The van der Waals surface area contributed by atoms with Crippen LogP contribution < -0.4 is 14.4 Å². The van der Waals surface area contributed by atoms with Crippen LogP contribution in [0.4, 0.5) is 11.4 Å². The number of nitrogens with zero attached hydrogens (tertiary/aromatic N) is 1. The predicted octanol–water partition coefficient (Wildman–Crippen LogP) is 6.62. The maximum absolute atomic E-state index is 13.5. The SMILES string of the molecule is O=C(CN(c1ccccc1Cl)S(=O)(=O)c1ccccc1)Nc1cc(Cl)ccc1Oc1ccccc1. The summed E-state index contributed by atoms with van der Waals surface area (Å²) in [5.41, 5.74) is 0.475. The van der Waals surface area contributed by atoms with Gasteiger partial charge in [0, 0.05) is 5.02 Å². The molecule has 0 radical (unpaired) electrons. The number of carbonyl (C=O) groups is 1. The Bertz CT molecular complexity index is 1430. The van der Waals surface area contributed by atoms with Gasteiger partial charge in [0.05, 0.1) is 21.3 Å². The first-order chi connectivity index (χ1) is 16.8. The Kier molecular flexibility index (Phi) is 7.60. The molecule has 0 spiro atoms. The molecule has 4 aromatic carbocycles. The molecule has 0 saturated carbocycles. The molecule has 35 heavy (non-hydrogen) atoms. The lowest BCUT2D eigenvalue weighted by Gasteiger charge is -2.25. The van der Waals surface area contributed by atoms with Gasteiger partial charge < -0.3 is 10.1 Å².